The zero-order valence-electron chi connectivity index (χ0n) is 16.4. The third-order valence-corrected chi connectivity index (χ3v) is 6.82. The first kappa shape index (κ1) is 20.0. The van der Waals surface area contributed by atoms with Crippen LogP contribution in [0.2, 0.25) is 0 Å². The Morgan fingerprint density at radius 3 is 2.72 bits per heavy atom. The van der Waals surface area contributed by atoms with Crippen LogP contribution in [-0.4, -0.2) is 21.8 Å². The highest BCUT2D eigenvalue weighted by atomic mass is 19.3. The molecule has 2 saturated carbocycles. The number of H-pyrrole nitrogens is 1. The number of alkyl halides is 2. The van der Waals surface area contributed by atoms with Gasteiger partial charge >= 0.3 is 0 Å². The van der Waals surface area contributed by atoms with E-state index in [1.54, 1.807) is 12.1 Å². The first-order valence-corrected chi connectivity index (χ1v) is 10.6. The molecule has 0 bridgehead atoms. The molecule has 3 atom stereocenters. The summed E-state index contributed by atoms with van der Waals surface area (Å²) in [4.78, 5) is 31.8. The van der Waals surface area contributed by atoms with E-state index in [0.29, 0.717) is 24.3 Å². The highest BCUT2D eigenvalue weighted by Crippen LogP contribution is 2.47. The Hall–Kier alpha value is -2.31. The molecule has 156 valence electrons. The molecule has 2 aromatic rings. The second-order valence-electron chi connectivity index (χ2n) is 8.64. The lowest BCUT2D eigenvalue weighted by Gasteiger charge is -2.37. The molecular formula is C22H27F2N3O2. The highest BCUT2D eigenvalue weighted by Gasteiger charge is 2.38. The maximum Gasteiger partial charge on any atom is 0.268 e. The number of halogens is 2. The number of fused-ring (bicyclic) bond motifs is 1. The Morgan fingerprint density at radius 1 is 1.14 bits per heavy atom. The van der Waals surface area contributed by atoms with Crippen molar-refractivity contribution < 1.29 is 13.6 Å². The molecule has 2 heterocycles. The summed E-state index contributed by atoms with van der Waals surface area (Å²) in [6.07, 6.45) is 7.44. The van der Waals surface area contributed by atoms with Crippen LogP contribution in [0.3, 0.4) is 0 Å². The van der Waals surface area contributed by atoms with Gasteiger partial charge in [0.2, 0.25) is 5.92 Å². The summed E-state index contributed by atoms with van der Waals surface area (Å²) in [6.45, 7) is 0. The number of hydrogen-bond acceptors (Lipinski definition) is 3. The molecule has 4 rings (SSSR count). The van der Waals surface area contributed by atoms with E-state index in [-0.39, 0.29) is 41.2 Å². The van der Waals surface area contributed by atoms with Gasteiger partial charge in [-0.15, -0.1) is 0 Å². The standard InChI is InChI=1S/C22H27F2N3O2/c23-22(24)9-3-4-13(7-10-22)14-5-1-2-6-15(14)17-12-18(28)19-16(27-17)8-11-26-20(19)21(25)29/h8,11-15H,1-7,9-10H2,(H2,25,29)(H,27,28)/t13-,14+,15-/m1/s1. The first-order valence-electron chi connectivity index (χ1n) is 10.6. The summed E-state index contributed by atoms with van der Waals surface area (Å²) >= 11 is 0. The minimum absolute atomic E-state index is 0.0173. The lowest BCUT2D eigenvalue weighted by molar-refractivity contribution is -0.0158. The zero-order chi connectivity index (χ0) is 20.6. The van der Waals surface area contributed by atoms with Crippen LogP contribution in [0.5, 0.6) is 0 Å². The minimum Gasteiger partial charge on any atom is -0.364 e. The molecule has 0 unspecified atom stereocenters. The van der Waals surface area contributed by atoms with Crippen LogP contribution in [0, 0.1) is 11.8 Å². The molecule has 0 spiro atoms. The van der Waals surface area contributed by atoms with Crippen LogP contribution < -0.4 is 11.2 Å². The van der Waals surface area contributed by atoms with E-state index in [1.165, 1.54) is 6.20 Å². The number of nitrogens with two attached hydrogens (primary N) is 1. The SMILES string of the molecule is NC(=O)c1nccc2[nH]c([C@@H]3CCCC[C@H]3[C@@H]3CCCC(F)(F)CC3)cc(=O)c12. The van der Waals surface area contributed by atoms with E-state index in [1.807, 2.05) is 0 Å². The van der Waals surface area contributed by atoms with Crippen LogP contribution in [-0.2, 0) is 0 Å². The number of carbonyl (C=O) groups is 1. The van der Waals surface area contributed by atoms with E-state index >= 15 is 0 Å². The van der Waals surface area contributed by atoms with E-state index in [2.05, 4.69) is 9.97 Å². The van der Waals surface area contributed by atoms with Crippen molar-refractivity contribution in [3.8, 4) is 0 Å². The van der Waals surface area contributed by atoms with E-state index in [9.17, 15) is 18.4 Å². The van der Waals surface area contributed by atoms with Gasteiger partial charge in [0, 0.05) is 36.7 Å². The molecule has 0 radical (unpaired) electrons. The smallest absolute Gasteiger partial charge is 0.268 e. The third kappa shape index (κ3) is 4.05. The van der Waals surface area contributed by atoms with Crippen molar-refractivity contribution >= 4 is 16.8 Å². The number of amides is 1. The maximum absolute atomic E-state index is 13.9. The molecule has 1 amide bonds. The highest BCUT2D eigenvalue weighted by molar-refractivity contribution is 6.03. The Balaban J connectivity index is 1.69. The van der Waals surface area contributed by atoms with Gasteiger partial charge < -0.3 is 10.7 Å². The van der Waals surface area contributed by atoms with Crippen molar-refractivity contribution in [3.63, 3.8) is 0 Å². The summed E-state index contributed by atoms with van der Waals surface area (Å²) in [5, 5.41) is 0.213. The second-order valence-corrected chi connectivity index (χ2v) is 8.64. The molecule has 0 aliphatic heterocycles. The molecule has 5 nitrogen and oxygen atoms in total. The fourth-order valence-corrected chi connectivity index (χ4v) is 5.43. The lowest BCUT2D eigenvalue weighted by atomic mass is 9.69. The van der Waals surface area contributed by atoms with Crippen LogP contribution in [0.15, 0.2) is 23.1 Å². The normalized spacial score (nSPS) is 27.4. The van der Waals surface area contributed by atoms with Crippen molar-refractivity contribution in [2.24, 2.45) is 17.6 Å². The van der Waals surface area contributed by atoms with Gasteiger partial charge in [0.1, 0.15) is 5.69 Å². The van der Waals surface area contributed by atoms with Crippen molar-refractivity contribution in [2.45, 2.75) is 69.6 Å². The number of nitrogens with zero attached hydrogens (tertiary/aromatic N) is 1. The van der Waals surface area contributed by atoms with Crippen LogP contribution >= 0.6 is 0 Å². The predicted octanol–water partition coefficient (Wildman–Crippen LogP) is 4.51. The van der Waals surface area contributed by atoms with Crippen LogP contribution in [0.1, 0.15) is 79.9 Å². The number of pyridine rings is 2. The van der Waals surface area contributed by atoms with Gasteiger partial charge in [0.15, 0.2) is 5.43 Å². The fraction of sp³-hybridized carbons (Fsp3) is 0.591. The van der Waals surface area contributed by atoms with Gasteiger partial charge in [-0.2, -0.15) is 0 Å². The number of nitrogens with one attached hydrogen (secondary N) is 1. The van der Waals surface area contributed by atoms with Crippen LogP contribution in [0.25, 0.3) is 10.9 Å². The van der Waals surface area contributed by atoms with Gasteiger partial charge in [-0.1, -0.05) is 12.8 Å². The molecule has 0 saturated heterocycles. The number of rotatable bonds is 3. The molecular weight excluding hydrogens is 376 g/mol. The van der Waals surface area contributed by atoms with E-state index in [4.69, 9.17) is 5.73 Å². The summed E-state index contributed by atoms with van der Waals surface area (Å²) < 4.78 is 27.7. The van der Waals surface area contributed by atoms with Gasteiger partial charge in [-0.3, -0.25) is 14.6 Å². The molecule has 2 aliphatic carbocycles. The van der Waals surface area contributed by atoms with E-state index < -0.39 is 11.8 Å². The average molecular weight is 403 g/mol. The quantitative estimate of drug-likeness (QED) is 0.739. The van der Waals surface area contributed by atoms with E-state index in [0.717, 1.165) is 37.8 Å². The summed E-state index contributed by atoms with van der Waals surface area (Å²) in [5.74, 6) is -2.59. The Morgan fingerprint density at radius 2 is 1.93 bits per heavy atom. The molecule has 2 aromatic heterocycles. The van der Waals surface area contributed by atoms with Crippen molar-refractivity contribution in [1.29, 1.82) is 0 Å². The van der Waals surface area contributed by atoms with Gasteiger partial charge in [0.25, 0.3) is 5.91 Å². The first-order chi connectivity index (χ1) is 13.9. The summed E-state index contributed by atoms with van der Waals surface area (Å²) in [6, 6.07) is 3.24. The summed E-state index contributed by atoms with van der Waals surface area (Å²) in [5.41, 5.74) is 6.46. The minimum atomic E-state index is -2.55. The van der Waals surface area contributed by atoms with Gasteiger partial charge in [-0.25, -0.2) is 8.78 Å². The molecule has 2 fully saturated rings. The molecule has 2 aliphatic rings. The average Bonchev–Trinajstić information content (AvgIpc) is 2.87. The van der Waals surface area contributed by atoms with Crippen molar-refractivity contribution in [3.05, 3.63) is 39.9 Å². The number of aromatic nitrogens is 2. The number of hydrogen-bond donors (Lipinski definition) is 2. The van der Waals surface area contributed by atoms with Crippen molar-refractivity contribution in [2.75, 3.05) is 0 Å². The Bertz CT molecular complexity index is 972. The number of primary amides is 1. The fourth-order valence-electron chi connectivity index (χ4n) is 5.43. The maximum atomic E-state index is 13.9. The lowest BCUT2D eigenvalue weighted by Crippen LogP contribution is -2.27. The monoisotopic (exact) mass is 403 g/mol. The molecule has 29 heavy (non-hydrogen) atoms. The summed E-state index contributed by atoms with van der Waals surface area (Å²) in [7, 11) is 0. The predicted molar refractivity (Wildman–Crippen MR) is 107 cm³/mol. The topological polar surface area (TPSA) is 88.8 Å². The Labute approximate surface area is 168 Å². The number of carbonyl (C=O) groups excluding carboxylic acids is 1. The number of aromatic amines is 1. The zero-order valence-corrected chi connectivity index (χ0v) is 16.4. The molecule has 0 aromatic carbocycles. The van der Waals surface area contributed by atoms with Crippen LogP contribution in [0.4, 0.5) is 8.78 Å². The second kappa shape index (κ2) is 7.84. The van der Waals surface area contributed by atoms with Gasteiger partial charge in [-0.05, 0) is 50.0 Å². The van der Waals surface area contributed by atoms with Gasteiger partial charge in [0.05, 0.1) is 10.9 Å². The third-order valence-electron chi connectivity index (χ3n) is 6.82. The molecule has 3 N–H and O–H groups in total. The molecule has 7 heteroatoms. The Kier molecular flexibility index (Phi) is 5.40. The largest absolute Gasteiger partial charge is 0.364 e. The van der Waals surface area contributed by atoms with Crippen molar-refractivity contribution in [1.82, 2.24) is 9.97 Å².